The lowest BCUT2D eigenvalue weighted by molar-refractivity contribution is -0.144. The second-order valence-electron chi connectivity index (χ2n) is 39.3. The quantitative estimate of drug-likeness (QED) is 0.00691. The van der Waals surface area contributed by atoms with E-state index in [4.69, 9.17) is 98.0 Å². The Morgan fingerprint density at radius 2 is 1.22 bits per heavy atom. The van der Waals surface area contributed by atoms with Gasteiger partial charge in [0.25, 0.3) is 23.4 Å². The number of carbonyl (C=O) groups excluding carboxylic acids is 9. The summed E-state index contributed by atoms with van der Waals surface area (Å²) in [6.07, 6.45) is 25.1. The summed E-state index contributed by atoms with van der Waals surface area (Å²) in [4.78, 5) is 138. The van der Waals surface area contributed by atoms with Gasteiger partial charge in [-0.2, -0.15) is 0 Å². The lowest BCUT2D eigenvalue weighted by atomic mass is 9.59. The van der Waals surface area contributed by atoms with E-state index < -0.39 is 53.9 Å². The van der Waals surface area contributed by atoms with Crippen LogP contribution in [0.15, 0.2) is 132 Å². The molecular weight excluding hydrogens is 1870 g/mol. The van der Waals surface area contributed by atoms with Gasteiger partial charge in [-0.25, -0.2) is 48.4 Å². The molecule has 8 aromatic rings. The SMILES string of the molecule is CCCCCCCCCCCCCC(=O)Nc1ccc(Cl)c(N=C2CC(=O)N(c3c(Cl)cc(Cl)cc3Cl)N2)c1.CCCCCCCCCCCCOC(=O)c1ccc(Cl)c(NC(=O)C(C(=O)c2ccc(OC)cc2)N2C(=O)C(OCC)N(Cc3ccccc3)C2=O)c1.[C-]#[N+]c1c(C(=O)OC2C(C(C)(C)C)CC(C)CC2C(C)(C)C)c2nc(-c3ccc(C(C)(C)C)cc3)[nH]n2c1OC(=O)N1CCOCC1. The number of aromatic amines is 1. The van der Waals surface area contributed by atoms with Crippen molar-refractivity contribution >= 4 is 151 Å². The highest BCUT2D eigenvalue weighted by atomic mass is 35.5. The van der Waals surface area contributed by atoms with Gasteiger partial charge in [-0.1, -0.05) is 318 Å². The van der Waals surface area contributed by atoms with E-state index in [2.05, 4.69) is 126 Å². The van der Waals surface area contributed by atoms with E-state index >= 15 is 0 Å². The van der Waals surface area contributed by atoms with Gasteiger partial charge in [0, 0.05) is 59.8 Å². The second-order valence-corrected chi connectivity index (χ2v) is 41.3. The summed E-state index contributed by atoms with van der Waals surface area (Å²) in [5.41, 5.74) is 6.94. The number of fused-ring (bicyclic) bond motifs is 1. The Hall–Kier alpha value is -10.6. The highest BCUT2D eigenvalue weighted by Crippen LogP contribution is 2.51. The van der Waals surface area contributed by atoms with Crippen LogP contribution in [0, 0.1) is 35.2 Å². The number of amides is 7. The number of carbonyl (C=O) groups is 9. The highest BCUT2D eigenvalue weighted by molar-refractivity contribution is 6.43. The fourth-order valence-electron chi connectivity index (χ4n) is 17.6. The number of aromatic nitrogens is 3. The van der Waals surface area contributed by atoms with Crippen molar-refractivity contribution in [2.24, 2.45) is 33.6 Å². The highest BCUT2D eigenvalue weighted by Gasteiger charge is 2.54. The second kappa shape index (κ2) is 52.8. The third-order valence-electron chi connectivity index (χ3n) is 25.4. The molecule has 1 saturated carbocycles. The van der Waals surface area contributed by atoms with E-state index in [1.165, 1.54) is 183 Å². The number of ketones is 1. The van der Waals surface area contributed by atoms with Crippen molar-refractivity contribution in [3.8, 4) is 23.0 Å². The van der Waals surface area contributed by atoms with Gasteiger partial charge in [0.05, 0.1) is 83.5 Å². The van der Waals surface area contributed by atoms with E-state index in [9.17, 15) is 43.2 Å². The van der Waals surface area contributed by atoms with Crippen molar-refractivity contribution in [2.45, 2.75) is 281 Å². The van der Waals surface area contributed by atoms with Gasteiger partial charge < -0.3 is 44.0 Å². The summed E-state index contributed by atoms with van der Waals surface area (Å²) in [7, 11) is 1.47. The van der Waals surface area contributed by atoms with Gasteiger partial charge in [-0.3, -0.25) is 39.4 Å². The first-order valence-electron chi connectivity index (χ1n) is 48.9. The van der Waals surface area contributed by atoms with Gasteiger partial charge in [-0.15, -0.1) is 0 Å². The van der Waals surface area contributed by atoms with Crippen molar-refractivity contribution in [2.75, 3.05) is 62.3 Å². The molecule has 12 rings (SSSR count). The number of hydrogen-bond acceptors (Lipinski definition) is 17. The van der Waals surface area contributed by atoms with E-state index in [1.54, 1.807) is 49.4 Å². The third kappa shape index (κ3) is 31.0. The molecular formula is C107H137Cl5N12O15. The standard InChI is InChI=1S/C41H50ClN3O8.C37H51N5O5.C29H36Cl4N4O2/c1-4-6-7-8-9-10-11-12-13-17-26-53-40(49)31-22-25-33(42)34(27-31)43-37(47)35(36(46)30-20-23-32(51-3)24-21-30)45-38(48)39(52-5-2)44(41(45)50)28-29-18-15-14-16-19-29;1-22-20-25(36(5,6)7)29(26(21-22)37(8,9)10)46-33(43)27-28(38-11)32(47-34(44)41-16-18-45-19-17-41)42-31(27)39-30(40-42)23-12-14-24(15-13-23)35(2,3)4;1-2-3-4-5-6-7-8-9-10-11-12-13-27(38)34-21-14-15-22(31)25(18-21)35-26-19-28(39)37(36-26)29-23(32)16-20(30)17-24(29)33/h14-16,18-25,27,35,39H,4-13,17,26,28H2,1-3H3,(H,43,47);12-15,22,25-26,29H,16-21H2,1-10H3,(H,39,40);14-18H,2-13,19H2,1H3,(H,34,38)(H,35,36). The van der Waals surface area contributed by atoms with E-state index in [1.807, 2.05) is 18.2 Å². The Morgan fingerprint density at radius 1 is 0.647 bits per heavy atom. The van der Waals surface area contributed by atoms with Crippen LogP contribution in [-0.4, -0.2) is 154 Å². The molecule has 750 valence electrons. The Labute approximate surface area is 843 Å². The van der Waals surface area contributed by atoms with Gasteiger partial charge >= 0.3 is 24.1 Å². The number of anilines is 3. The number of hydrogen-bond donors (Lipinski definition) is 4. The number of H-pyrrole nitrogens is 1. The Morgan fingerprint density at radius 3 is 1.78 bits per heavy atom. The molecule has 4 unspecified atom stereocenters. The minimum atomic E-state index is -1.95. The summed E-state index contributed by atoms with van der Waals surface area (Å²) in [6, 6.07) is 32.5. The summed E-state index contributed by atoms with van der Waals surface area (Å²) in [5, 5.41) is 11.2. The molecule has 2 aromatic heterocycles. The molecule has 3 aliphatic heterocycles. The van der Waals surface area contributed by atoms with E-state index in [-0.39, 0.29) is 127 Å². The Bertz CT molecular complexity index is 5530. The van der Waals surface area contributed by atoms with Gasteiger partial charge in [0.1, 0.15) is 28.9 Å². The number of methoxy groups -OCH3 is 1. The number of nitrogens with one attached hydrogen (secondary N) is 4. The molecule has 1 aliphatic carbocycles. The summed E-state index contributed by atoms with van der Waals surface area (Å²) in [5.74, 6) is -2.33. The number of benzene rings is 6. The van der Waals surface area contributed by atoms with Crippen LogP contribution in [0.4, 0.5) is 38.0 Å². The van der Waals surface area contributed by atoms with Crippen molar-refractivity contribution < 1.29 is 71.6 Å². The first kappa shape index (κ1) is 110. The molecule has 3 saturated heterocycles. The number of hydrazine groups is 1. The monoisotopic (exact) mass is 2000 g/mol. The number of morpholine rings is 1. The van der Waals surface area contributed by atoms with Crippen LogP contribution in [0.3, 0.4) is 0 Å². The van der Waals surface area contributed by atoms with Crippen LogP contribution in [-0.2, 0) is 50.1 Å². The molecule has 4 N–H and O–H groups in total. The van der Waals surface area contributed by atoms with Crippen molar-refractivity contribution in [1.29, 1.82) is 0 Å². The lowest BCUT2D eigenvalue weighted by Crippen LogP contribution is -2.52. The number of ether oxygens (including phenoxy) is 6. The molecule has 4 aliphatic rings. The zero-order valence-corrected chi connectivity index (χ0v) is 86.6. The molecule has 4 atom stereocenters. The zero-order chi connectivity index (χ0) is 101. The summed E-state index contributed by atoms with van der Waals surface area (Å²) in [6.45, 7) is 38.1. The number of halogens is 5. The lowest BCUT2D eigenvalue weighted by Gasteiger charge is -2.50. The summed E-state index contributed by atoms with van der Waals surface area (Å²) >= 11 is 31.3. The van der Waals surface area contributed by atoms with Crippen LogP contribution in [0.2, 0.25) is 25.1 Å². The van der Waals surface area contributed by atoms with Crippen LogP contribution in [0.5, 0.6) is 11.6 Å². The number of aliphatic imine (C=N–C) groups is 1. The topological polar surface area (TPSA) is 308 Å². The van der Waals surface area contributed by atoms with Crippen LogP contribution < -0.4 is 30.5 Å². The molecule has 7 amide bonds. The maximum Gasteiger partial charge on any atom is 0.415 e. The fraction of sp³-hybridized carbons (Fsp3) is 0.514. The minimum Gasteiger partial charge on any atom is -0.497 e. The predicted octanol–water partition coefficient (Wildman–Crippen LogP) is 26.6. The normalized spacial score (nSPS) is 17.2. The average molecular weight is 2010 g/mol. The number of nitrogens with zero attached hydrogens (tertiary/aromatic N) is 8. The molecule has 0 spiro atoms. The number of unbranched alkanes of at least 4 members (excludes halogenated alkanes) is 19. The molecule has 0 bridgehead atoms. The number of urea groups is 1. The van der Waals surface area contributed by atoms with Crippen molar-refractivity contribution in [1.82, 2.24) is 34.7 Å². The van der Waals surface area contributed by atoms with E-state index in [0.29, 0.717) is 93.6 Å². The average Bonchev–Trinajstić information content (AvgIpc) is 1.33. The summed E-state index contributed by atoms with van der Waals surface area (Å²) < 4.78 is 35.6. The maximum absolute atomic E-state index is 14.4. The molecule has 6 aromatic carbocycles. The number of rotatable bonds is 41. The molecule has 32 heteroatoms. The molecule has 0 radical (unpaired) electrons. The number of imide groups is 1. The number of esters is 2. The largest absolute Gasteiger partial charge is 0.497 e. The molecule has 27 nitrogen and oxygen atoms in total. The maximum atomic E-state index is 14.4. The van der Waals surface area contributed by atoms with Crippen LogP contribution >= 0.6 is 58.0 Å². The van der Waals surface area contributed by atoms with E-state index in [0.717, 1.165) is 56.9 Å². The molecule has 4 fully saturated rings. The van der Waals surface area contributed by atoms with Crippen molar-refractivity contribution in [3.63, 3.8) is 0 Å². The fourth-order valence-corrected chi connectivity index (χ4v) is 18.9. The van der Waals surface area contributed by atoms with Crippen LogP contribution in [0.1, 0.15) is 293 Å². The minimum absolute atomic E-state index is 0.000760. The van der Waals surface area contributed by atoms with Gasteiger partial charge in [0.15, 0.2) is 23.3 Å². The predicted molar refractivity (Wildman–Crippen MR) is 550 cm³/mol. The molecule has 5 heterocycles. The first-order valence-corrected chi connectivity index (χ1v) is 50.8. The number of Topliss-reactive ketones (excluding diaryl/α,β-unsaturated/α-hetero) is 1. The third-order valence-corrected chi connectivity index (χ3v) is 26.9. The van der Waals surface area contributed by atoms with Gasteiger partial charge in [-0.05, 0) is 139 Å². The number of amidine groups is 1. The zero-order valence-electron chi connectivity index (χ0n) is 82.8. The van der Waals surface area contributed by atoms with Crippen LogP contribution in [0.25, 0.3) is 21.9 Å². The Balaban J connectivity index is 0.000000217. The Kier molecular flexibility index (Phi) is 41.9. The smallest absolute Gasteiger partial charge is 0.415 e. The first-order chi connectivity index (χ1) is 66.4. The molecule has 139 heavy (non-hydrogen) atoms. The van der Waals surface area contributed by atoms with Crippen molar-refractivity contribution in [3.05, 3.63) is 192 Å². The van der Waals surface area contributed by atoms with Gasteiger partial charge in [0.2, 0.25) is 18.0 Å².